The first-order valence-corrected chi connectivity index (χ1v) is 12.3. The van der Waals surface area contributed by atoms with Crippen LogP contribution in [0.25, 0.3) is 49.3 Å². The lowest BCUT2D eigenvalue weighted by Crippen LogP contribution is -2.21. The van der Waals surface area contributed by atoms with Gasteiger partial charge in [-0.25, -0.2) is 0 Å². The van der Waals surface area contributed by atoms with Gasteiger partial charge >= 0.3 is 0 Å². The van der Waals surface area contributed by atoms with E-state index in [-0.39, 0.29) is 11.3 Å². The van der Waals surface area contributed by atoms with Gasteiger partial charge in [0.2, 0.25) is 0 Å². The highest BCUT2D eigenvalue weighted by molar-refractivity contribution is 6.36. The normalized spacial score (nSPS) is 13.0. The number of nitrogens with zero attached hydrogens (tertiary/aromatic N) is 2. The van der Waals surface area contributed by atoms with Crippen molar-refractivity contribution in [1.82, 2.24) is 9.88 Å². The zero-order valence-electron chi connectivity index (χ0n) is 21.0. The molecule has 4 aromatic carbocycles. The fraction of sp³-hybridized carbons (Fsp3) is 0.133. The number of aryl methyl sites for hydroxylation is 1. The Morgan fingerprint density at radius 3 is 2.32 bits per heavy atom. The predicted molar refractivity (Wildman–Crippen MR) is 151 cm³/mol. The summed E-state index contributed by atoms with van der Waals surface area (Å²) in [6, 6.07) is 23.2. The highest BCUT2D eigenvalue weighted by Gasteiger charge is 2.32. The molecule has 0 fully saturated rings. The standard InChI is InChI=1S/C29H21N3O4.CH5N/c1-2-14-31-27(19-12-13-21-18(15-19)11-10-17-6-3-4-7-20(17)21)26(23-16-25(33)30-29(23)34)22-8-5-9-24(28(22)31)32(35)36;1-2/h3-13,15-16H,2,14H2,1H3,(H,30,33,34);2H2,1H3. The number of nitrogens with two attached hydrogens (primary N) is 1. The van der Waals surface area contributed by atoms with Gasteiger partial charge in [0, 0.05) is 29.6 Å². The van der Waals surface area contributed by atoms with E-state index in [1.165, 1.54) is 19.2 Å². The lowest BCUT2D eigenvalue weighted by Gasteiger charge is -2.13. The number of hydrogen-bond donors (Lipinski definition) is 2. The number of amides is 2. The number of non-ortho nitro benzene ring substituents is 1. The number of nitro groups is 1. The maximum absolute atomic E-state index is 12.8. The summed E-state index contributed by atoms with van der Waals surface area (Å²) in [5, 5.41) is 19.3. The summed E-state index contributed by atoms with van der Waals surface area (Å²) in [4.78, 5) is 36.5. The van der Waals surface area contributed by atoms with Crippen LogP contribution in [0.1, 0.15) is 18.9 Å². The van der Waals surface area contributed by atoms with Crippen LogP contribution in [0.2, 0.25) is 0 Å². The minimum Gasteiger partial charge on any atom is -0.334 e. The van der Waals surface area contributed by atoms with Gasteiger partial charge in [0.1, 0.15) is 5.52 Å². The minimum absolute atomic E-state index is 0.0365. The van der Waals surface area contributed by atoms with Crippen molar-refractivity contribution in [3.8, 4) is 11.3 Å². The molecular formula is C30H26N4O4. The van der Waals surface area contributed by atoms with E-state index in [2.05, 4.69) is 35.3 Å². The van der Waals surface area contributed by atoms with Crippen LogP contribution in [0.15, 0.2) is 78.9 Å². The van der Waals surface area contributed by atoms with Crippen molar-refractivity contribution in [3.05, 3.63) is 94.6 Å². The number of imide groups is 1. The number of hydrogen-bond acceptors (Lipinski definition) is 5. The van der Waals surface area contributed by atoms with Crippen LogP contribution < -0.4 is 11.1 Å². The second-order valence-electron chi connectivity index (χ2n) is 8.90. The second-order valence-corrected chi connectivity index (χ2v) is 8.90. The van der Waals surface area contributed by atoms with Crippen molar-refractivity contribution in [2.24, 2.45) is 5.73 Å². The summed E-state index contributed by atoms with van der Waals surface area (Å²) in [6.07, 6.45) is 2.01. The van der Waals surface area contributed by atoms with Crippen LogP contribution >= 0.6 is 0 Å². The molecule has 8 heteroatoms. The number of nitrogens with one attached hydrogen (secondary N) is 1. The number of rotatable bonds is 5. The molecule has 0 unspecified atom stereocenters. The van der Waals surface area contributed by atoms with Gasteiger partial charge in [-0.3, -0.25) is 25.0 Å². The average molecular weight is 507 g/mol. The van der Waals surface area contributed by atoms with Gasteiger partial charge in [-0.1, -0.05) is 67.6 Å². The molecule has 3 N–H and O–H groups in total. The molecule has 190 valence electrons. The van der Waals surface area contributed by atoms with E-state index >= 15 is 0 Å². The molecule has 5 aromatic rings. The van der Waals surface area contributed by atoms with Crippen molar-refractivity contribution < 1.29 is 14.5 Å². The van der Waals surface area contributed by atoms with Gasteiger partial charge in [0.15, 0.2) is 0 Å². The largest absolute Gasteiger partial charge is 0.334 e. The fourth-order valence-corrected chi connectivity index (χ4v) is 5.32. The first kappa shape index (κ1) is 24.9. The van der Waals surface area contributed by atoms with Crippen molar-refractivity contribution in [3.63, 3.8) is 0 Å². The summed E-state index contributed by atoms with van der Waals surface area (Å²) < 4.78 is 1.92. The third-order valence-corrected chi connectivity index (χ3v) is 6.75. The summed E-state index contributed by atoms with van der Waals surface area (Å²) in [5.41, 5.74) is 7.17. The third kappa shape index (κ3) is 3.91. The predicted octanol–water partition coefficient (Wildman–Crippen LogP) is 5.55. The number of nitro benzene ring substituents is 1. The summed E-state index contributed by atoms with van der Waals surface area (Å²) in [5.74, 6) is -0.997. The van der Waals surface area contributed by atoms with Crippen LogP contribution in [0.5, 0.6) is 0 Å². The number of fused-ring (bicyclic) bond motifs is 4. The van der Waals surface area contributed by atoms with Crippen molar-refractivity contribution in [2.75, 3.05) is 7.05 Å². The Balaban J connectivity index is 0.00000144. The lowest BCUT2D eigenvalue weighted by atomic mass is 9.95. The Hall–Kier alpha value is -4.82. The number of carbonyl (C=O) groups is 2. The van der Waals surface area contributed by atoms with Crippen molar-refractivity contribution >= 4 is 55.5 Å². The van der Waals surface area contributed by atoms with E-state index in [0.717, 1.165) is 33.5 Å². The first-order valence-electron chi connectivity index (χ1n) is 12.3. The van der Waals surface area contributed by atoms with E-state index < -0.39 is 16.7 Å². The Bertz CT molecular complexity index is 1800. The summed E-state index contributed by atoms with van der Waals surface area (Å²) in [6.45, 7) is 2.51. The second kappa shape index (κ2) is 9.91. The quantitative estimate of drug-likeness (QED) is 0.140. The van der Waals surface area contributed by atoms with E-state index in [1.54, 1.807) is 12.1 Å². The zero-order chi connectivity index (χ0) is 27.0. The Morgan fingerprint density at radius 2 is 1.61 bits per heavy atom. The number of para-hydroxylation sites is 1. The molecule has 0 spiro atoms. The van der Waals surface area contributed by atoms with Crippen LogP contribution in [-0.4, -0.2) is 28.4 Å². The Labute approximate surface area is 218 Å². The number of carbonyl (C=O) groups excluding carboxylic acids is 2. The van der Waals surface area contributed by atoms with Crippen LogP contribution in [-0.2, 0) is 16.1 Å². The SMILES string of the molecule is CCCn1c(-c2ccc3c(ccc4ccccc43)c2)c(C2=CC(=O)NC2=O)c2cccc([N+](=O)[O-])c21.CN. The zero-order valence-corrected chi connectivity index (χ0v) is 21.0. The first-order chi connectivity index (χ1) is 18.5. The van der Waals surface area contributed by atoms with Crippen LogP contribution in [0.4, 0.5) is 5.69 Å². The van der Waals surface area contributed by atoms with Gasteiger partial charge in [-0.15, -0.1) is 0 Å². The number of aromatic nitrogens is 1. The fourth-order valence-electron chi connectivity index (χ4n) is 5.32. The topological polar surface area (TPSA) is 120 Å². The maximum Gasteiger partial charge on any atom is 0.293 e. The molecule has 38 heavy (non-hydrogen) atoms. The van der Waals surface area contributed by atoms with Crippen molar-refractivity contribution in [2.45, 2.75) is 19.9 Å². The van der Waals surface area contributed by atoms with E-state index in [9.17, 15) is 19.7 Å². The van der Waals surface area contributed by atoms with E-state index in [4.69, 9.17) is 0 Å². The molecule has 2 heterocycles. The minimum atomic E-state index is -0.505. The van der Waals surface area contributed by atoms with Gasteiger partial charge in [-0.05, 0) is 46.6 Å². The lowest BCUT2D eigenvalue weighted by molar-refractivity contribution is -0.383. The molecule has 6 rings (SSSR count). The van der Waals surface area contributed by atoms with Crippen LogP contribution in [0, 0.1) is 10.1 Å². The maximum atomic E-state index is 12.8. The molecule has 8 nitrogen and oxygen atoms in total. The van der Waals surface area contributed by atoms with Gasteiger partial charge in [-0.2, -0.15) is 0 Å². The molecule has 0 bridgehead atoms. The van der Waals surface area contributed by atoms with E-state index in [1.807, 2.05) is 41.8 Å². The van der Waals surface area contributed by atoms with E-state index in [0.29, 0.717) is 28.7 Å². The number of benzene rings is 4. The Morgan fingerprint density at radius 1 is 0.895 bits per heavy atom. The van der Waals surface area contributed by atoms with Crippen molar-refractivity contribution in [1.29, 1.82) is 0 Å². The molecular weight excluding hydrogens is 480 g/mol. The molecule has 0 saturated heterocycles. The molecule has 0 radical (unpaired) electrons. The molecule has 0 aliphatic carbocycles. The van der Waals surface area contributed by atoms with Gasteiger partial charge < -0.3 is 10.3 Å². The highest BCUT2D eigenvalue weighted by atomic mass is 16.6. The molecule has 1 aliphatic heterocycles. The average Bonchev–Trinajstić information content (AvgIpc) is 3.44. The molecule has 2 amide bonds. The Kier molecular flexibility index (Phi) is 6.48. The molecule has 1 aliphatic rings. The smallest absolute Gasteiger partial charge is 0.293 e. The highest BCUT2D eigenvalue weighted by Crippen LogP contribution is 2.43. The van der Waals surface area contributed by atoms with Gasteiger partial charge in [0.05, 0.1) is 16.2 Å². The molecule has 0 atom stereocenters. The van der Waals surface area contributed by atoms with Gasteiger partial charge in [0.25, 0.3) is 17.5 Å². The third-order valence-electron chi connectivity index (χ3n) is 6.75. The monoisotopic (exact) mass is 506 g/mol. The summed E-state index contributed by atoms with van der Waals surface area (Å²) >= 11 is 0. The molecule has 1 aromatic heterocycles. The summed E-state index contributed by atoms with van der Waals surface area (Å²) in [7, 11) is 1.50. The van der Waals surface area contributed by atoms with Crippen LogP contribution in [0.3, 0.4) is 0 Å². The molecule has 0 saturated carbocycles.